The maximum absolute atomic E-state index is 12.9. The van der Waals surface area contributed by atoms with Gasteiger partial charge in [0, 0.05) is 19.1 Å². The van der Waals surface area contributed by atoms with Gasteiger partial charge in [-0.05, 0) is 73.5 Å². The lowest BCUT2D eigenvalue weighted by atomic mass is 9.84. The molecule has 0 atom stereocenters. The second-order valence-electron chi connectivity index (χ2n) is 8.51. The fourth-order valence-electron chi connectivity index (χ4n) is 4.90. The highest BCUT2D eigenvalue weighted by Gasteiger charge is 2.32. The van der Waals surface area contributed by atoms with E-state index in [0.717, 1.165) is 11.6 Å². The quantitative estimate of drug-likeness (QED) is 0.780. The van der Waals surface area contributed by atoms with Crippen LogP contribution in [0.3, 0.4) is 0 Å². The fraction of sp³-hybridized carbons (Fsp3) is 0.478. The third kappa shape index (κ3) is 3.30. The molecule has 5 rings (SSSR count). The third-order valence-corrected chi connectivity index (χ3v) is 8.70. The predicted octanol–water partition coefficient (Wildman–Crippen LogP) is 4.12. The number of sulfonamides is 1. The van der Waals surface area contributed by atoms with E-state index in [9.17, 15) is 8.42 Å². The van der Waals surface area contributed by atoms with Gasteiger partial charge < -0.3 is 4.90 Å². The van der Waals surface area contributed by atoms with Crippen molar-refractivity contribution in [3.05, 3.63) is 65.2 Å². The SMILES string of the molecule is O=S(=O)(c1ccccc1)N1Cc2ccc(C3CCN(C4CCC4)CC3)cc2C1. The van der Waals surface area contributed by atoms with Gasteiger partial charge in [-0.3, -0.25) is 0 Å². The Morgan fingerprint density at radius 2 is 1.54 bits per heavy atom. The first-order valence-electron chi connectivity index (χ1n) is 10.5. The summed E-state index contributed by atoms with van der Waals surface area (Å²) in [6.07, 6.45) is 6.62. The number of hydrogen-bond donors (Lipinski definition) is 0. The molecule has 0 unspecified atom stereocenters. The number of benzene rings is 2. The second-order valence-corrected chi connectivity index (χ2v) is 10.4. The van der Waals surface area contributed by atoms with Gasteiger partial charge in [0.15, 0.2) is 0 Å². The van der Waals surface area contributed by atoms with E-state index < -0.39 is 10.0 Å². The fourth-order valence-corrected chi connectivity index (χ4v) is 6.32. The summed E-state index contributed by atoms with van der Waals surface area (Å²) in [4.78, 5) is 3.06. The van der Waals surface area contributed by atoms with Gasteiger partial charge in [0.2, 0.25) is 10.0 Å². The van der Waals surface area contributed by atoms with Crippen molar-refractivity contribution >= 4 is 10.0 Å². The molecule has 148 valence electrons. The van der Waals surface area contributed by atoms with Crippen LogP contribution in [0.4, 0.5) is 0 Å². The Kier molecular flexibility index (Phi) is 4.77. The molecule has 2 aromatic carbocycles. The summed E-state index contributed by atoms with van der Waals surface area (Å²) in [5.74, 6) is 0.612. The molecule has 0 aromatic heterocycles. The van der Waals surface area contributed by atoms with Crippen molar-refractivity contribution in [3.8, 4) is 0 Å². The minimum absolute atomic E-state index is 0.381. The normalized spacial score (nSPS) is 22.1. The van der Waals surface area contributed by atoms with E-state index in [2.05, 4.69) is 23.1 Å². The first kappa shape index (κ1) is 18.3. The van der Waals surface area contributed by atoms with E-state index >= 15 is 0 Å². The Bertz CT molecular complexity index is 946. The van der Waals surface area contributed by atoms with Crippen LogP contribution in [0.2, 0.25) is 0 Å². The van der Waals surface area contributed by atoms with Crippen molar-refractivity contribution in [1.29, 1.82) is 0 Å². The molecule has 2 heterocycles. The van der Waals surface area contributed by atoms with Crippen LogP contribution in [-0.2, 0) is 23.1 Å². The van der Waals surface area contributed by atoms with Gasteiger partial charge in [-0.1, -0.05) is 42.8 Å². The van der Waals surface area contributed by atoms with Gasteiger partial charge in [0.25, 0.3) is 0 Å². The van der Waals surface area contributed by atoms with E-state index in [1.165, 1.54) is 56.3 Å². The zero-order valence-corrected chi connectivity index (χ0v) is 17.1. The maximum atomic E-state index is 12.9. The minimum atomic E-state index is -3.43. The number of likely N-dealkylation sites (tertiary alicyclic amines) is 1. The zero-order valence-electron chi connectivity index (χ0n) is 16.3. The molecule has 3 aliphatic rings. The van der Waals surface area contributed by atoms with Gasteiger partial charge in [0.05, 0.1) is 4.90 Å². The Balaban J connectivity index is 1.29. The molecule has 0 bridgehead atoms. The van der Waals surface area contributed by atoms with Gasteiger partial charge >= 0.3 is 0 Å². The Morgan fingerprint density at radius 1 is 0.821 bits per heavy atom. The molecule has 2 aliphatic heterocycles. The molecular formula is C23H28N2O2S. The molecule has 0 N–H and O–H groups in total. The van der Waals surface area contributed by atoms with E-state index in [1.807, 2.05) is 6.07 Å². The predicted molar refractivity (Wildman–Crippen MR) is 111 cm³/mol. The molecule has 5 heteroatoms. The second kappa shape index (κ2) is 7.29. The highest BCUT2D eigenvalue weighted by Crippen LogP contribution is 2.36. The number of hydrogen-bond acceptors (Lipinski definition) is 3. The summed E-state index contributed by atoms with van der Waals surface area (Å²) in [5.41, 5.74) is 3.72. The van der Waals surface area contributed by atoms with Gasteiger partial charge in [0.1, 0.15) is 0 Å². The summed E-state index contributed by atoms with van der Waals surface area (Å²) in [6.45, 7) is 3.39. The molecule has 0 amide bonds. The van der Waals surface area contributed by atoms with Gasteiger partial charge in [-0.25, -0.2) is 8.42 Å². The van der Waals surface area contributed by atoms with Gasteiger partial charge in [-0.15, -0.1) is 0 Å². The van der Waals surface area contributed by atoms with Crippen molar-refractivity contribution in [2.75, 3.05) is 13.1 Å². The number of piperidine rings is 1. The number of nitrogens with zero attached hydrogens (tertiary/aromatic N) is 2. The van der Waals surface area contributed by atoms with E-state index in [4.69, 9.17) is 0 Å². The average Bonchev–Trinajstić information content (AvgIpc) is 3.12. The van der Waals surface area contributed by atoms with Gasteiger partial charge in [-0.2, -0.15) is 4.31 Å². The van der Waals surface area contributed by atoms with Crippen molar-refractivity contribution in [2.45, 2.75) is 62.0 Å². The molecule has 1 aliphatic carbocycles. The summed E-state index contributed by atoms with van der Waals surface area (Å²) < 4.78 is 27.5. The molecule has 1 saturated carbocycles. The highest BCUT2D eigenvalue weighted by atomic mass is 32.2. The smallest absolute Gasteiger partial charge is 0.243 e. The molecule has 2 aromatic rings. The first-order valence-corrected chi connectivity index (χ1v) is 12.0. The van der Waals surface area contributed by atoms with Crippen molar-refractivity contribution < 1.29 is 8.42 Å². The van der Waals surface area contributed by atoms with Crippen LogP contribution >= 0.6 is 0 Å². The van der Waals surface area contributed by atoms with Crippen LogP contribution in [0, 0.1) is 0 Å². The van der Waals surface area contributed by atoms with Crippen molar-refractivity contribution in [2.24, 2.45) is 0 Å². The lowest BCUT2D eigenvalue weighted by Gasteiger charge is -2.42. The Morgan fingerprint density at radius 3 is 2.21 bits per heavy atom. The van der Waals surface area contributed by atoms with Crippen LogP contribution in [0.1, 0.15) is 54.7 Å². The molecular weight excluding hydrogens is 368 g/mol. The molecule has 28 heavy (non-hydrogen) atoms. The Labute approximate surface area is 168 Å². The largest absolute Gasteiger partial charge is 0.300 e. The topological polar surface area (TPSA) is 40.6 Å². The van der Waals surface area contributed by atoms with E-state index in [0.29, 0.717) is 23.9 Å². The molecule has 2 fully saturated rings. The van der Waals surface area contributed by atoms with Crippen molar-refractivity contribution in [3.63, 3.8) is 0 Å². The summed E-state index contributed by atoms with van der Waals surface area (Å²) >= 11 is 0. The first-order chi connectivity index (χ1) is 13.6. The average molecular weight is 397 g/mol. The highest BCUT2D eigenvalue weighted by molar-refractivity contribution is 7.89. The lowest BCUT2D eigenvalue weighted by Crippen LogP contribution is -2.44. The lowest BCUT2D eigenvalue weighted by molar-refractivity contribution is 0.0975. The minimum Gasteiger partial charge on any atom is -0.300 e. The zero-order chi connectivity index (χ0) is 19.1. The van der Waals surface area contributed by atoms with Crippen LogP contribution in [0.25, 0.3) is 0 Å². The summed E-state index contributed by atoms with van der Waals surface area (Å²) in [5, 5.41) is 0. The third-order valence-electron chi connectivity index (χ3n) is 6.90. The van der Waals surface area contributed by atoms with Crippen LogP contribution in [-0.4, -0.2) is 36.8 Å². The van der Waals surface area contributed by atoms with Crippen LogP contribution < -0.4 is 0 Å². The van der Waals surface area contributed by atoms with E-state index in [1.54, 1.807) is 28.6 Å². The summed E-state index contributed by atoms with van der Waals surface area (Å²) in [6, 6.07) is 16.3. The summed E-state index contributed by atoms with van der Waals surface area (Å²) in [7, 11) is -3.43. The van der Waals surface area contributed by atoms with Crippen LogP contribution in [0.15, 0.2) is 53.4 Å². The molecule has 0 spiro atoms. The molecule has 4 nitrogen and oxygen atoms in total. The number of rotatable bonds is 4. The van der Waals surface area contributed by atoms with E-state index in [-0.39, 0.29) is 0 Å². The van der Waals surface area contributed by atoms with Crippen LogP contribution in [0.5, 0.6) is 0 Å². The van der Waals surface area contributed by atoms with Crippen molar-refractivity contribution in [1.82, 2.24) is 9.21 Å². The molecule has 0 radical (unpaired) electrons. The standard InChI is InChI=1S/C23H28N2O2S/c26-28(27,23-7-2-1-3-8-23)25-16-20-10-9-19(15-21(20)17-25)18-11-13-24(14-12-18)22-5-4-6-22/h1-3,7-10,15,18,22H,4-6,11-14,16-17H2. The Hall–Kier alpha value is -1.69. The number of fused-ring (bicyclic) bond motifs is 1. The maximum Gasteiger partial charge on any atom is 0.243 e. The molecule has 1 saturated heterocycles. The monoisotopic (exact) mass is 396 g/mol.